The number of aryl methyl sites for hydroxylation is 1. The number of rotatable bonds is 3. The fraction of sp³-hybridized carbons (Fsp3) is 0.462. The van der Waals surface area contributed by atoms with Crippen LogP contribution in [0.1, 0.15) is 36.7 Å². The van der Waals surface area contributed by atoms with Gasteiger partial charge >= 0.3 is 0 Å². The van der Waals surface area contributed by atoms with Gasteiger partial charge in [-0.1, -0.05) is 20.8 Å². The Morgan fingerprint density at radius 3 is 2.35 bits per heavy atom. The van der Waals surface area contributed by atoms with Gasteiger partial charge in [0.05, 0.1) is 4.90 Å². The lowest BCUT2D eigenvalue weighted by molar-refractivity contribution is 0.0939. The summed E-state index contributed by atoms with van der Waals surface area (Å²) in [6.45, 7) is 8.19. The number of amides is 1. The largest absolute Gasteiger partial charge is 0.352 e. The van der Waals surface area contributed by atoms with Gasteiger partial charge in [-0.15, -0.1) is 0 Å². The van der Waals surface area contributed by atoms with Gasteiger partial charge in [-0.2, -0.15) is 0 Å². The summed E-state index contributed by atoms with van der Waals surface area (Å²) in [5, 5.41) is 7.92. The lowest BCUT2D eigenvalue weighted by Gasteiger charge is -2.19. The summed E-state index contributed by atoms with van der Waals surface area (Å²) in [4.78, 5) is 12.0. The number of benzene rings is 1. The molecule has 0 aliphatic rings. The molecule has 0 radical (unpaired) electrons. The Bertz CT molecular complexity index is 634. The maximum Gasteiger partial charge on any atom is 0.251 e. The van der Waals surface area contributed by atoms with Gasteiger partial charge in [0, 0.05) is 16.6 Å². The molecule has 0 unspecified atom stereocenters. The summed E-state index contributed by atoms with van der Waals surface area (Å²) in [6.07, 6.45) is 0. The van der Waals surface area contributed by atoms with Crippen molar-refractivity contribution in [3.63, 3.8) is 0 Å². The van der Waals surface area contributed by atoms with Crippen molar-refractivity contribution < 1.29 is 13.2 Å². The van der Waals surface area contributed by atoms with Crippen LogP contribution >= 0.6 is 15.9 Å². The Labute approximate surface area is 128 Å². The number of nitrogens with two attached hydrogens (primary N) is 1. The molecule has 1 aromatic carbocycles. The van der Waals surface area contributed by atoms with E-state index in [4.69, 9.17) is 5.14 Å². The number of hydrogen-bond acceptors (Lipinski definition) is 3. The normalized spacial score (nSPS) is 12.3. The van der Waals surface area contributed by atoms with Crippen molar-refractivity contribution in [3.05, 3.63) is 27.7 Å². The number of sulfonamides is 1. The smallest absolute Gasteiger partial charge is 0.251 e. The quantitative estimate of drug-likeness (QED) is 0.863. The third-order valence-electron chi connectivity index (χ3n) is 2.57. The molecule has 112 valence electrons. The van der Waals surface area contributed by atoms with Crippen molar-refractivity contribution in [1.82, 2.24) is 5.32 Å². The average molecular weight is 363 g/mol. The minimum absolute atomic E-state index is 0.0527. The van der Waals surface area contributed by atoms with Crippen LogP contribution in [0.2, 0.25) is 0 Å². The van der Waals surface area contributed by atoms with E-state index >= 15 is 0 Å². The summed E-state index contributed by atoms with van der Waals surface area (Å²) in [5.74, 6) is -0.319. The third kappa shape index (κ3) is 4.57. The first-order valence-corrected chi connectivity index (χ1v) is 8.37. The van der Waals surface area contributed by atoms with Crippen molar-refractivity contribution in [2.24, 2.45) is 10.6 Å². The molecule has 20 heavy (non-hydrogen) atoms. The molecule has 0 spiro atoms. The van der Waals surface area contributed by atoms with Crippen LogP contribution in [0.25, 0.3) is 0 Å². The Balaban J connectivity index is 3.15. The van der Waals surface area contributed by atoms with Gasteiger partial charge in [-0.05, 0) is 46.0 Å². The fourth-order valence-electron chi connectivity index (χ4n) is 1.52. The number of carbonyl (C=O) groups excluding carboxylic acids is 1. The molecule has 7 heteroatoms. The number of halogens is 1. The molecule has 5 nitrogen and oxygen atoms in total. The van der Waals surface area contributed by atoms with Crippen molar-refractivity contribution in [3.8, 4) is 0 Å². The van der Waals surface area contributed by atoms with Crippen LogP contribution in [0.3, 0.4) is 0 Å². The highest BCUT2D eigenvalue weighted by atomic mass is 79.9. The molecule has 1 rings (SSSR count). The lowest BCUT2D eigenvalue weighted by Crippen LogP contribution is -2.32. The highest BCUT2D eigenvalue weighted by molar-refractivity contribution is 9.10. The Morgan fingerprint density at radius 1 is 1.35 bits per heavy atom. The topological polar surface area (TPSA) is 89.3 Å². The second-order valence-electron chi connectivity index (χ2n) is 5.89. The van der Waals surface area contributed by atoms with Crippen LogP contribution in [0.5, 0.6) is 0 Å². The first-order valence-electron chi connectivity index (χ1n) is 6.03. The van der Waals surface area contributed by atoms with E-state index in [1.54, 1.807) is 13.0 Å². The number of primary sulfonamides is 1. The summed E-state index contributed by atoms with van der Waals surface area (Å²) in [6, 6.07) is 2.90. The third-order valence-corrected chi connectivity index (χ3v) is 4.82. The van der Waals surface area contributed by atoms with Gasteiger partial charge in [-0.3, -0.25) is 4.79 Å². The maximum atomic E-state index is 12.1. The Kier molecular flexibility index (Phi) is 4.99. The lowest BCUT2D eigenvalue weighted by atomic mass is 9.97. The van der Waals surface area contributed by atoms with Crippen LogP contribution in [-0.2, 0) is 10.0 Å². The van der Waals surface area contributed by atoms with Crippen molar-refractivity contribution in [2.75, 3.05) is 6.54 Å². The maximum absolute atomic E-state index is 12.1. The van der Waals surface area contributed by atoms with Crippen molar-refractivity contribution in [1.29, 1.82) is 0 Å². The minimum Gasteiger partial charge on any atom is -0.352 e. The molecule has 0 fully saturated rings. The van der Waals surface area contributed by atoms with E-state index in [1.807, 2.05) is 20.8 Å². The summed E-state index contributed by atoms with van der Waals surface area (Å²) in [5.41, 5.74) is 0.861. The first kappa shape index (κ1) is 17.1. The van der Waals surface area contributed by atoms with Gasteiger partial charge in [0.15, 0.2) is 0 Å². The fourth-order valence-corrected chi connectivity index (χ4v) is 3.13. The van der Waals surface area contributed by atoms with Crippen LogP contribution < -0.4 is 10.5 Å². The van der Waals surface area contributed by atoms with E-state index < -0.39 is 10.0 Å². The van der Waals surface area contributed by atoms with Crippen LogP contribution in [0.4, 0.5) is 0 Å². The van der Waals surface area contributed by atoms with E-state index in [1.165, 1.54) is 6.07 Å². The molecular weight excluding hydrogens is 344 g/mol. The molecule has 1 aromatic rings. The molecule has 0 saturated carbocycles. The zero-order valence-corrected chi connectivity index (χ0v) is 14.4. The van der Waals surface area contributed by atoms with Crippen LogP contribution in [0.15, 0.2) is 21.5 Å². The van der Waals surface area contributed by atoms with E-state index in [2.05, 4.69) is 21.2 Å². The average Bonchev–Trinajstić information content (AvgIpc) is 2.26. The van der Waals surface area contributed by atoms with E-state index in [0.29, 0.717) is 16.6 Å². The van der Waals surface area contributed by atoms with E-state index in [-0.39, 0.29) is 21.8 Å². The van der Waals surface area contributed by atoms with Gasteiger partial charge in [0.25, 0.3) is 5.91 Å². The Hall–Kier alpha value is -0.920. The Morgan fingerprint density at radius 2 is 1.90 bits per heavy atom. The molecule has 0 saturated heterocycles. The zero-order valence-electron chi connectivity index (χ0n) is 12.0. The second kappa shape index (κ2) is 5.83. The summed E-state index contributed by atoms with van der Waals surface area (Å²) >= 11 is 3.18. The molecule has 0 aliphatic carbocycles. The molecule has 0 aromatic heterocycles. The molecule has 1 amide bonds. The van der Waals surface area contributed by atoms with E-state index in [9.17, 15) is 13.2 Å². The molecule has 0 heterocycles. The van der Waals surface area contributed by atoms with Crippen molar-refractivity contribution in [2.45, 2.75) is 32.6 Å². The number of nitrogens with one attached hydrogen (secondary N) is 1. The van der Waals surface area contributed by atoms with Gasteiger partial charge < -0.3 is 5.32 Å². The molecule has 3 N–H and O–H groups in total. The van der Waals surface area contributed by atoms with Crippen LogP contribution in [0, 0.1) is 12.3 Å². The minimum atomic E-state index is -3.88. The van der Waals surface area contributed by atoms with Gasteiger partial charge in [0.1, 0.15) is 0 Å². The molecule has 0 atom stereocenters. The predicted molar refractivity (Wildman–Crippen MR) is 82.0 cm³/mol. The van der Waals surface area contributed by atoms with Crippen LogP contribution in [-0.4, -0.2) is 20.9 Å². The number of hydrogen-bond donors (Lipinski definition) is 2. The molecular formula is C13H19BrN2O3S. The summed E-state index contributed by atoms with van der Waals surface area (Å²) in [7, 11) is -3.88. The standard InChI is InChI=1S/C13H19BrN2O3S/c1-8-5-9(12(17)16-7-13(2,3)4)6-10(11(8)14)20(15,18)19/h5-6H,7H2,1-4H3,(H,16,17)(H2,15,18,19). The highest BCUT2D eigenvalue weighted by Gasteiger charge is 2.19. The zero-order chi connectivity index (χ0) is 15.7. The monoisotopic (exact) mass is 362 g/mol. The first-order chi connectivity index (χ1) is 8.92. The van der Waals surface area contributed by atoms with E-state index in [0.717, 1.165) is 0 Å². The van der Waals surface area contributed by atoms with Crippen molar-refractivity contribution >= 4 is 31.9 Å². The number of carbonyl (C=O) groups is 1. The van der Waals surface area contributed by atoms with Gasteiger partial charge in [0.2, 0.25) is 10.0 Å². The SMILES string of the molecule is Cc1cc(C(=O)NCC(C)(C)C)cc(S(N)(=O)=O)c1Br. The molecule has 0 aliphatic heterocycles. The highest BCUT2D eigenvalue weighted by Crippen LogP contribution is 2.26. The second-order valence-corrected chi connectivity index (χ2v) is 8.22. The predicted octanol–water partition coefficient (Wildman–Crippen LogP) is 2.18. The van der Waals surface area contributed by atoms with Gasteiger partial charge in [-0.25, -0.2) is 13.6 Å². The molecule has 0 bridgehead atoms. The summed E-state index contributed by atoms with van der Waals surface area (Å²) < 4.78 is 23.4.